The van der Waals surface area contributed by atoms with Crippen molar-refractivity contribution in [1.29, 1.82) is 0 Å². The predicted molar refractivity (Wildman–Crippen MR) is 48.2 cm³/mol. The summed E-state index contributed by atoms with van der Waals surface area (Å²) in [5.41, 5.74) is 0.516. The number of ether oxygens (including phenoxy) is 1. The number of imidazole rings is 1. The van der Waals surface area contributed by atoms with Gasteiger partial charge in [-0.1, -0.05) is 0 Å². The van der Waals surface area contributed by atoms with E-state index in [1.54, 1.807) is 16.7 Å². The lowest BCUT2D eigenvalue weighted by Crippen LogP contribution is -2.00. The van der Waals surface area contributed by atoms with E-state index in [-0.39, 0.29) is 11.4 Å². The number of carbonyl (C=O) groups excluding carboxylic acids is 1. The van der Waals surface area contributed by atoms with Crippen LogP contribution in [0, 0.1) is 0 Å². The lowest BCUT2D eigenvalue weighted by atomic mass is 10.4. The molecule has 0 radical (unpaired) electrons. The first kappa shape index (κ1) is 8.55. The van der Waals surface area contributed by atoms with E-state index < -0.39 is 5.97 Å². The van der Waals surface area contributed by atoms with Crippen molar-refractivity contribution in [3.63, 3.8) is 0 Å². The number of rotatable bonds is 1. The lowest BCUT2D eigenvalue weighted by molar-refractivity contribution is 0.0595. The molecule has 0 saturated carbocycles. The topological polar surface area (TPSA) is 63.8 Å². The number of fused-ring (bicyclic) bond motifs is 1. The fourth-order valence-electron chi connectivity index (χ4n) is 1.20. The molecule has 2 aromatic rings. The van der Waals surface area contributed by atoms with E-state index in [2.05, 4.69) is 9.72 Å². The van der Waals surface area contributed by atoms with E-state index in [1.165, 1.54) is 19.4 Å². The van der Waals surface area contributed by atoms with Gasteiger partial charge in [-0.3, -0.25) is 0 Å². The monoisotopic (exact) mass is 192 g/mol. The maximum absolute atomic E-state index is 11.1. The standard InChI is InChI=1S/C9H8N2O3/c1-14-9(13)6-5-11-4-2-3-7(12)8(11)10-6/h2-5,12H,1H3. The normalized spacial score (nSPS) is 10.4. The maximum atomic E-state index is 11.1. The van der Waals surface area contributed by atoms with Crippen molar-refractivity contribution in [2.24, 2.45) is 0 Å². The third-order valence-electron chi connectivity index (χ3n) is 1.86. The Labute approximate surface area is 79.6 Å². The molecule has 0 aromatic carbocycles. The molecule has 2 rings (SSSR count). The molecule has 0 atom stereocenters. The molecule has 0 spiro atoms. The Bertz CT molecular complexity index is 490. The molecule has 5 nitrogen and oxygen atoms in total. The molecule has 0 aliphatic carbocycles. The summed E-state index contributed by atoms with van der Waals surface area (Å²) < 4.78 is 6.07. The molecule has 0 fully saturated rings. The van der Waals surface area contributed by atoms with Crippen LogP contribution in [0.4, 0.5) is 0 Å². The van der Waals surface area contributed by atoms with Gasteiger partial charge in [-0.25, -0.2) is 9.78 Å². The first-order valence-corrected chi connectivity index (χ1v) is 3.97. The molecule has 72 valence electrons. The van der Waals surface area contributed by atoms with E-state index in [0.29, 0.717) is 5.65 Å². The van der Waals surface area contributed by atoms with Gasteiger partial charge in [0.25, 0.3) is 0 Å². The fraction of sp³-hybridized carbons (Fsp3) is 0.111. The zero-order valence-electron chi connectivity index (χ0n) is 7.47. The van der Waals surface area contributed by atoms with Gasteiger partial charge in [-0.2, -0.15) is 0 Å². The second-order valence-electron chi connectivity index (χ2n) is 2.74. The first-order valence-electron chi connectivity index (χ1n) is 3.97. The molecule has 14 heavy (non-hydrogen) atoms. The Balaban J connectivity index is 2.62. The van der Waals surface area contributed by atoms with Gasteiger partial charge in [-0.15, -0.1) is 0 Å². The van der Waals surface area contributed by atoms with Crippen LogP contribution in [0.25, 0.3) is 5.65 Å². The Morgan fingerprint density at radius 1 is 1.64 bits per heavy atom. The quantitative estimate of drug-likeness (QED) is 0.679. The van der Waals surface area contributed by atoms with Gasteiger partial charge in [0.2, 0.25) is 0 Å². The second kappa shape index (κ2) is 3.02. The Morgan fingerprint density at radius 2 is 2.43 bits per heavy atom. The maximum Gasteiger partial charge on any atom is 0.358 e. The molecule has 0 aliphatic heterocycles. The summed E-state index contributed by atoms with van der Waals surface area (Å²) in [6.07, 6.45) is 3.19. The number of hydrogen-bond donors (Lipinski definition) is 1. The number of aromatic nitrogens is 2. The van der Waals surface area contributed by atoms with Crippen LogP contribution in [-0.2, 0) is 4.74 Å². The van der Waals surface area contributed by atoms with E-state index in [4.69, 9.17) is 0 Å². The molecule has 0 bridgehead atoms. The molecule has 2 aromatic heterocycles. The highest BCUT2D eigenvalue weighted by Gasteiger charge is 2.11. The average Bonchev–Trinajstić information content (AvgIpc) is 2.62. The zero-order valence-corrected chi connectivity index (χ0v) is 7.47. The van der Waals surface area contributed by atoms with Crippen LogP contribution >= 0.6 is 0 Å². The summed E-state index contributed by atoms with van der Waals surface area (Å²) in [7, 11) is 1.28. The average molecular weight is 192 g/mol. The van der Waals surface area contributed by atoms with Gasteiger partial charge >= 0.3 is 5.97 Å². The molecule has 5 heteroatoms. The van der Waals surface area contributed by atoms with Gasteiger partial charge in [0, 0.05) is 12.4 Å². The van der Waals surface area contributed by atoms with Crippen molar-refractivity contribution in [1.82, 2.24) is 9.38 Å². The van der Waals surface area contributed by atoms with Gasteiger partial charge in [0.1, 0.15) is 0 Å². The third kappa shape index (κ3) is 1.19. The zero-order chi connectivity index (χ0) is 10.1. The van der Waals surface area contributed by atoms with E-state index >= 15 is 0 Å². The van der Waals surface area contributed by atoms with E-state index in [1.807, 2.05) is 0 Å². The summed E-state index contributed by atoms with van der Waals surface area (Å²) in [5.74, 6) is -0.490. The number of pyridine rings is 1. The van der Waals surface area contributed by atoms with Gasteiger partial charge < -0.3 is 14.2 Å². The highest BCUT2D eigenvalue weighted by molar-refractivity contribution is 5.88. The third-order valence-corrected chi connectivity index (χ3v) is 1.86. The highest BCUT2D eigenvalue weighted by Crippen LogP contribution is 2.16. The fourth-order valence-corrected chi connectivity index (χ4v) is 1.20. The van der Waals surface area contributed by atoms with E-state index in [9.17, 15) is 9.90 Å². The summed E-state index contributed by atoms with van der Waals surface area (Å²) >= 11 is 0. The number of methoxy groups -OCH3 is 1. The van der Waals surface area contributed by atoms with Gasteiger partial charge in [0.15, 0.2) is 17.1 Å². The van der Waals surface area contributed by atoms with Crippen LogP contribution in [0.15, 0.2) is 24.5 Å². The summed E-state index contributed by atoms with van der Waals surface area (Å²) in [5, 5.41) is 9.40. The largest absolute Gasteiger partial charge is 0.504 e. The Kier molecular flexibility index (Phi) is 1.85. The molecule has 0 unspecified atom stereocenters. The van der Waals surface area contributed by atoms with Crippen LogP contribution < -0.4 is 0 Å². The molecule has 0 amide bonds. The smallest absolute Gasteiger partial charge is 0.358 e. The minimum atomic E-state index is -0.520. The number of hydrogen-bond acceptors (Lipinski definition) is 4. The number of aromatic hydroxyl groups is 1. The Hall–Kier alpha value is -2.04. The minimum Gasteiger partial charge on any atom is -0.504 e. The van der Waals surface area contributed by atoms with Crippen LogP contribution in [-0.4, -0.2) is 27.6 Å². The van der Waals surface area contributed by atoms with E-state index in [0.717, 1.165) is 0 Å². The highest BCUT2D eigenvalue weighted by atomic mass is 16.5. The van der Waals surface area contributed by atoms with Crippen LogP contribution in [0.5, 0.6) is 5.75 Å². The van der Waals surface area contributed by atoms with Crippen molar-refractivity contribution in [2.45, 2.75) is 0 Å². The molecule has 0 aliphatic rings. The lowest BCUT2D eigenvalue weighted by Gasteiger charge is -1.92. The van der Waals surface area contributed by atoms with Crippen LogP contribution in [0.3, 0.4) is 0 Å². The van der Waals surface area contributed by atoms with Crippen molar-refractivity contribution in [2.75, 3.05) is 7.11 Å². The van der Waals surface area contributed by atoms with Gasteiger partial charge in [0.05, 0.1) is 7.11 Å². The first-order chi connectivity index (χ1) is 6.72. The number of nitrogens with zero attached hydrogens (tertiary/aromatic N) is 2. The number of carbonyl (C=O) groups is 1. The van der Waals surface area contributed by atoms with Crippen molar-refractivity contribution in [3.8, 4) is 5.75 Å². The SMILES string of the molecule is COC(=O)c1cn2cccc(O)c2n1. The molecule has 0 saturated heterocycles. The van der Waals surface area contributed by atoms with Gasteiger partial charge in [-0.05, 0) is 12.1 Å². The van der Waals surface area contributed by atoms with Crippen molar-refractivity contribution >= 4 is 11.6 Å². The van der Waals surface area contributed by atoms with Crippen LogP contribution in [0.1, 0.15) is 10.5 Å². The number of esters is 1. The predicted octanol–water partition coefficient (Wildman–Crippen LogP) is 0.826. The summed E-state index contributed by atoms with van der Waals surface area (Å²) in [6.45, 7) is 0. The molecular weight excluding hydrogens is 184 g/mol. The molecule has 1 N–H and O–H groups in total. The minimum absolute atomic E-state index is 0.0302. The summed E-state index contributed by atoms with van der Waals surface area (Å²) in [4.78, 5) is 15.0. The Morgan fingerprint density at radius 3 is 3.07 bits per heavy atom. The second-order valence-corrected chi connectivity index (χ2v) is 2.74. The summed E-state index contributed by atoms with van der Waals surface area (Å²) in [6, 6.07) is 3.16. The molecule has 2 heterocycles. The van der Waals surface area contributed by atoms with Crippen LogP contribution in [0.2, 0.25) is 0 Å². The van der Waals surface area contributed by atoms with Crippen molar-refractivity contribution in [3.05, 3.63) is 30.2 Å². The van der Waals surface area contributed by atoms with Crippen molar-refractivity contribution < 1.29 is 14.6 Å². The molecular formula is C9H8N2O3.